The first kappa shape index (κ1) is 22.6. The van der Waals surface area contributed by atoms with Crippen molar-refractivity contribution < 1.29 is 4.79 Å². The summed E-state index contributed by atoms with van der Waals surface area (Å²) in [6.07, 6.45) is 9.90. The van der Waals surface area contributed by atoms with Crippen LogP contribution < -0.4 is 5.32 Å². The molecule has 0 fully saturated rings. The molecule has 1 amide bonds. The molecule has 0 aromatic carbocycles. The van der Waals surface area contributed by atoms with Crippen LogP contribution in [0.4, 0.5) is 5.82 Å². The number of rotatable bonds is 7. The maximum atomic E-state index is 12.5. The van der Waals surface area contributed by atoms with E-state index in [2.05, 4.69) is 30.2 Å². The molecule has 0 saturated carbocycles. The lowest BCUT2D eigenvalue weighted by Crippen LogP contribution is -2.13. The fraction of sp³-hybridized carbons (Fsp3) is 0.160. The van der Waals surface area contributed by atoms with Gasteiger partial charge in [0.1, 0.15) is 17.2 Å². The van der Waals surface area contributed by atoms with Gasteiger partial charge in [0.05, 0.1) is 11.4 Å². The number of pyridine rings is 2. The third-order valence-corrected chi connectivity index (χ3v) is 5.88. The van der Waals surface area contributed by atoms with E-state index < -0.39 is 0 Å². The first-order chi connectivity index (χ1) is 17.1. The highest BCUT2D eigenvalue weighted by Crippen LogP contribution is 2.31. The summed E-state index contributed by atoms with van der Waals surface area (Å²) in [7, 11) is 0. The van der Waals surface area contributed by atoms with Crippen molar-refractivity contribution in [1.82, 2.24) is 34.3 Å². The van der Waals surface area contributed by atoms with Crippen molar-refractivity contribution in [3.05, 3.63) is 78.5 Å². The first-order valence-electron chi connectivity index (χ1n) is 11.0. The zero-order chi connectivity index (χ0) is 24.2. The molecular weight excluding hydrogens is 460 g/mol. The van der Waals surface area contributed by atoms with E-state index >= 15 is 0 Å². The van der Waals surface area contributed by atoms with Gasteiger partial charge in [0.2, 0.25) is 11.7 Å². The van der Waals surface area contributed by atoms with Gasteiger partial charge in [-0.25, -0.2) is 15.0 Å². The molecule has 174 valence electrons. The first-order valence-corrected chi connectivity index (χ1v) is 12.2. The van der Waals surface area contributed by atoms with Gasteiger partial charge in [0, 0.05) is 36.9 Å². The molecule has 35 heavy (non-hydrogen) atoms. The monoisotopic (exact) mass is 482 g/mol. The molecular formula is C25H22N8OS. The van der Waals surface area contributed by atoms with Crippen molar-refractivity contribution in [1.29, 1.82) is 0 Å². The topological polar surface area (TPSA) is 111 Å². The molecule has 0 aliphatic heterocycles. The van der Waals surface area contributed by atoms with Gasteiger partial charge in [-0.15, -0.1) is 0 Å². The van der Waals surface area contributed by atoms with E-state index in [1.54, 1.807) is 24.7 Å². The largest absolute Gasteiger partial charge is 0.311 e. The molecule has 0 aliphatic rings. The van der Waals surface area contributed by atoms with Crippen molar-refractivity contribution in [2.24, 2.45) is 0 Å². The van der Waals surface area contributed by atoms with Crippen LogP contribution in [0.1, 0.15) is 17.7 Å². The Hall–Kier alpha value is -4.18. The number of imidazole rings is 1. The fourth-order valence-electron chi connectivity index (χ4n) is 3.68. The minimum atomic E-state index is -0.126. The molecule has 1 N–H and O–H groups in total. The molecule has 0 atom stereocenters. The number of aromatic nitrogens is 7. The number of hydrogen-bond acceptors (Lipinski definition) is 8. The van der Waals surface area contributed by atoms with Crippen molar-refractivity contribution in [2.75, 3.05) is 11.6 Å². The number of nitrogens with one attached hydrogen (secondary N) is 1. The smallest absolute Gasteiger partial charge is 0.236 e. The predicted octanol–water partition coefficient (Wildman–Crippen LogP) is 4.24. The highest BCUT2D eigenvalue weighted by Gasteiger charge is 2.20. The minimum absolute atomic E-state index is 0.126. The van der Waals surface area contributed by atoms with Gasteiger partial charge in [0.15, 0.2) is 5.16 Å². The van der Waals surface area contributed by atoms with Crippen LogP contribution in [0.25, 0.3) is 28.6 Å². The Balaban J connectivity index is 1.50. The number of amides is 1. The van der Waals surface area contributed by atoms with Gasteiger partial charge < -0.3 is 5.32 Å². The highest BCUT2D eigenvalue weighted by atomic mass is 32.2. The van der Waals surface area contributed by atoms with E-state index in [9.17, 15) is 4.79 Å². The zero-order valence-electron chi connectivity index (χ0n) is 19.2. The molecule has 9 nitrogen and oxygen atoms in total. The number of thioether (sulfide) groups is 1. The van der Waals surface area contributed by atoms with E-state index in [-0.39, 0.29) is 5.91 Å². The maximum Gasteiger partial charge on any atom is 0.236 e. The van der Waals surface area contributed by atoms with Gasteiger partial charge in [-0.3, -0.25) is 19.2 Å². The molecule has 10 heteroatoms. The molecule has 5 rings (SSSR count). The van der Waals surface area contributed by atoms with Crippen LogP contribution in [0.5, 0.6) is 0 Å². The molecule has 0 unspecified atom stereocenters. The second-order valence-electron chi connectivity index (χ2n) is 7.79. The number of carbonyl (C=O) groups excluding carboxylic acids is 1. The van der Waals surface area contributed by atoms with Crippen LogP contribution in [0.15, 0.2) is 72.4 Å². The number of aryl methyl sites for hydroxylation is 2. The van der Waals surface area contributed by atoms with Crippen LogP contribution in [0.3, 0.4) is 0 Å². The molecule has 5 heterocycles. The van der Waals surface area contributed by atoms with Gasteiger partial charge in [-0.05, 0) is 55.5 Å². The van der Waals surface area contributed by atoms with Crippen molar-refractivity contribution in [3.63, 3.8) is 0 Å². The second kappa shape index (κ2) is 9.98. The summed E-state index contributed by atoms with van der Waals surface area (Å²) in [4.78, 5) is 39.6. The molecule has 0 saturated heterocycles. The Morgan fingerprint density at radius 3 is 2.71 bits per heavy atom. The Morgan fingerprint density at radius 1 is 1.00 bits per heavy atom. The third kappa shape index (κ3) is 5.02. The summed E-state index contributed by atoms with van der Waals surface area (Å²) >= 11 is 1.47. The predicted molar refractivity (Wildman–Crippen MR) is 135 cm³/mol. The molecule has 0 aliphatic carbocycles. The molecule has 5 aromatic rings. The number of carbonyl (C=O) groups is 1. The summed E-state index contributed by atoms with van der Waals surface area (Å²) < 4.78 is 1.86. The van der Waals surface area contributed by atoms with E-state index in [4.69, 9.17) is 4.98 Å². The maximum absolute atomic E-state index is 12.5. The number of anilines is 1. The molecule has 5 aromatic heterocycles. The fourth-order valence-corrected chi connectivity index (χ4v) is 4.04. The average molecular weight is 483 g/mol. The lowest BCUT2D eigenvalue weighted by Gasteiger charge is -2.07. The second-order valence-corrected chi connectivity index (χ2v) is 8.57. The lowest BCUT2D eigenvalue weighted by molar-refractivity contribution is -0.116. The Morgan fingerprint density at radius 2 is 1.91 bits per heavy atom. The van der Waals surface area contributed by atoms with Crippen LogP contribution >= 0.6 is 11.8 Å². The normalized spacial score (nSPS) is 11.0. The van der Waals surface area contributed by atoms with E-state index in [0.717, 1.165) is 22.6 Å². The lowest BCUT2D eigenvalue weighted by atomic mass is 10.1. The van der Waals surface area contributed by atoms with E-state index in [1.165, 1.54) is 11.8 Å². The Labute approximate surface area is 206 Å². The van der Waals surface area contributed by atoms with Crippen molar-refractivity contribution >= 4 is 29.3 Å². The van der Waals surface area contributed by atoms with Crippen LogP contribution in [0.2, 0.25) is 0 Å². The van der Waals surface area contributed by atoms with Crippen molar-refractivity contribution in [3.8, 4) is 22.8 Å². The Kier molecular flexibility index (Phi) is 6.44. The number of nitrogens with zero attached hydrogens (tertiary/aromatic N) is 7. The summed E-state index contributed by atoms with van der Waals surface area (Å²) in [6.45, 7) is 1.94. The van der Waals surface area contributed by atoms with Gasteiger partial charge in [0.25, 0.3) is 0 Å². The third-order valence-electron chi connectivity index (χ3n) is 5.32. The zero-order valence-corrected chi connectivity index (χ0v) is 20.0. The average Bonchev–Trinajstić information content (AvgIpc) is 3.27. The summed E-state index contributed by atoms with van der Waals surface area (Å²) in [5.41, 5.74) is 4.74. The minimum Gasteiger partial charge on any atom is -0.311 e. The standard InChI is InChI=1S/C25H22N8OS/c1-16-5-3-7-18(28-16)22-23(19-10-13-27-25(29-19)35-2)33-14-11-20(31-24(33)32-22)30-21(34)9-8-17-6-4-12-26-15-17/h3-7,10-15H,8-9H2,1-2H3,(H,30,31,32,34). The van der Waals surface area contributed by atoms with Crippen LogP contribution in [-0.4, -0.2) is 46.5 Å². The van der Waals surface area contributed by atoms with Crippen LogP contribution in [-0.2, 0) is 11.2 Å². The SMILES string of the molecule is CSc1nccc(-c2c(-c3cccc(C)n3)nc3nc(NC(=O)CCc4cccnc4)ccn23)n1. The quantitative estimate of drug-likeness (QED) is 0.271. The van der Waals surface area contributed by atoms with Gasteiger partial charge in [-0.1, -0.05) is 23.9 Å². The number of fused-ring (bicyclic) bond motifs is 1. The molecule has 0 radical (unpaired) electrons. The summed E-state index contributed by atoms with van der Waals surface area (Å²) in [6, 6.07) is 13.2. The van der Waals surface area contributed by atoms with E-state index in [0.29, 0.717) is 41.0 Å². The van der Waals surface area contributed by atoms with E-state index in [1.807, 2.05) is 60.2 Å². The summed E-state index contributed by atoms with van der Waals surface area (Å²) in [5, 5.41) is 3.53. The molecule has 0 spiro atoms. The van der Waals surface area contributed by atoms with Gasteiger partial charge >= 0.3 is 0 Å². The Bertz CT molecular complexity index is 1500. The van der Waals surface area contributed by atoms with Crippen molar-refractivity contribution in [2.45, 2.75) is 24.9 Å². The van der Waals surface area contributed by atoms with Crippen LogP contribution in [0, 0.1) is 6.92 Å². The number of hydrogen-bond donors (Lipinski definition) is 1. The highest BCUT2D eigenvalue weighted by molar-refractivity contribution is 7.98. The summed E-state index contributed by atoms with van der Waals surface area (Å²) in [5.74, 6) is 0.743. The van der Waals surface area contributed by atoms with Gasteiger partial charge in [-0.2, -0.15) is 4.98 Å². The molecule has 0 bridgehead atoms.